The van der Waals surface area contributed by atoms with E-state index in [2.05, 4.69) is 20.4 Å². The predicted octanol–water partition coefficient (Wildman–Crippen LogP) is 2.49. The van der Waals surface area contributed by atoms with Crippen molar-refractivity contribution >= 4 is 17.2 Å². The van der Waals surface area contributed by atoms with E-state index in [4.69, 9.17) is 0 Å². The minimum Gasteiger partial charge on any atom is -0.347 e. The molecule has 3 aromatic rings. The maximum Gasteiger partial charge on any atom is 0.263 e. The number of hydrogen-bond donors (Lipinski definition) is 1. The molecule has 3 rings (SSSR count). The number of aromatic nitrogens is 4. The monoisotopic (exact) mass is 327 g/mol. The summed E-state index contributed by atoms with van der Waals surface area (Å²) in [6.07, 6.45) is 7.27. The molecule has 0 saturated heterocycles. The van der Waals surface area contributed by atoms with Crippen molar-refractivity contribution in [2.75, 3.05) is 0 Å². The van der Waals surface area contributed by atoms with Gasteiger partial charge in [0.2, 0.25) is 0 Å². The Kier molecular flexibility index (Phi) is 4.20. The third-order valence-corrected chi connectivity index (χ3v) is 4.47. The highest BCUT2D eigenvalue weighted by atomic mass is 32.1. The van der Waals surface area contributed by atoms with Crippen molar-refractivity contribution < 1.29 is 4.79 Å². The third-order valence-electron chi connectivity index (χ3n) is 3.40. The van der Waals surface area contributed by atoms with Crippen LogP contribution in [0.4, 0.5) is 0 Å². The molecule has 3 aromatic heterocycles. The van der Waals surface area contributed by atoms with Crippen molar-refractivity contribution in [2.24, 2.45) is 7.05 Å². The zero-order valence-electron chi connectivity index (χ0n) is 13.2. The maximum atomic E-state index is 12.2. The molecule has 0 atom stereocenters. The van der Waals surface area contributed by atoms with Gasteiger partial charge in [0.1, 0.15) is 4.88 Å². The highest BCUT2D eigenvalue weighted by molar-refractivity contribution is 7.13. The van der Waals surface area contributed by atoms with Crippen LogP contribution in [0.2, 0.25) is 0 Å². The van der Waals surface area contributed by atoms with Crippen molar-refractivity contribution in [1.82, 2.24) is 25.1 Å². The van der Waals surface area contributed by atoms with E-state index in [9.17, 15) is 4.79 Å². The van der Waals surface area contributed by atoms with E-state index in [-0.39, 0.29) is 5.91 Å². The summed E-state index contributed by atoms with van der Waals surface area (Å²) in [6, 6.07) is 2.01. The van der Waals surface area contributed by atoms with Crippen molar-refractivity contribution in [3.8, 4) is 11.1 Å². The molecule has 118 valence electrons. The molecule has 0 aromatic carbocycles. The number of pyridine rings is 1. The number of rotatable bonds is 4. The number of carbonyl (C=O) groups excluding carboxylic acids is 1. The lowest BCUT2D eigenvalue weighted by Gasteiger charge is -2.05. The molecule has 3 heterocycles. The van der Waals surface area contributed by atoms with E-state index >= 15 is 0 Å². The van der Waals surface area contributed by atoms with Gasteiger partial charge in [-0.05, 0) is 25.5 Å². The van der Waals surface area contributed by atoms with Crippen LogP contribution in [0, 0.1) is 13.8 Å². The summed E-state index contributed by atoms with van der Waals surface area (Å²) >= 11 is 1.41. The number of carbonyl (C=O) groups is 1. The molecule has 0 radical (unpaired) electrons. The summed E-state index contributed by atoms with van der Waals surface area (Å²) in [5.41, 5.74) is 3.70. The topological polar surface area (TPSA) is 72.7 Å². The van der Waals surface area contributed by atoms with Crippen molar-refractivity contribution in [2.45, 2.75) is 20.4 Å². The van der Waals surface area contributed by atoms with Crippen LogP contribution in [-0.2, 0) is 13.6 Å². The number of hydrogen-bond acceptors (Lipinski definition) is 5. The van der Waals surface area contributed by atoms with E-state index in [1.54, 1.807) is 23.3 Å². The summed E-state index contributed by atoms with van der Waals surface area (Å²) in [5.74, 6) is -0.0973. The van der Waals surface area contributed by atoms with Crippen LogP contribution in [-0.4, -0.2) is 25.7 Å². The molecule has 0 aliphatic carbocycles. The fraction of sp³-hybridized carbons (Fsp3) is 0.250. The minimum atomic E-state index is -0.0973. The Bertz CT molecular complexity index is 852. The summed E-state index contributed by atoms with van der Waals surface area (Å²) < 4.78 is 1.75. The second-order valence-electron chi connectivity index (χ2n) is 5.31. The van der Waals surface area contributed by atoms with Crippen molar-refractivity contribution in [3.05, 3.63) is 52.0 Å². The second-order valence-corrected chi connectivity index (χ2v) is 6.52. The molecule has 0 aliphatic rings. The molecule has 0 fully saturated rings. The second kappa shape index (κ2) is 6.29. The van der Waals surface area contributed by atoms with Gasteiger partial charge < -0.3 is 5.32 Å². The fourth-order valence-electron chi connectivity index (χ4n) is 2.32. The number of thiazole rings is 1. The van der Waals surface area contributed by atoms with Gasteiger partial charge in [-0.1, -0.05) is 0 Å². The van der Waals surface area contributed by atoms with Gasteiger partial charge in [-0.25, -0.2) is 4.98 Å². The summed E-state index contributed by atoms with van der Waals surface area (Å²) in [5, 5.41) is 7.98. The first-order valence-electron chi connectivity index (χ1n) is 7.18. The molecule has 0 aliphatic heterocycles. The zero-order chi connectivity index (χ0) is 16.4. The van der Waals surface area contributed by atoms with Crippen LogP contribution in [0.3, 0.4) is 0 Å². The molecule has 0 unspecified atom stereocenters. The van der Waals surface area contributed by atoms with E-state index in [0.29, 0.717) is 11.4 Å². The number of nitrogens with zero attached hydrogens (tertiary/aromatic N) is 4. The van der Waals surface area contributed by atoms with Gasteiger partial charge in [0, 0.05) is 43.3 Å². The van der Waals surface area contributed by atoms with Gasteiger partial charge in [0.05, 0.1) is 16.9 Å². The molecular weight excluding hydrogens is 310 g/mol. The molecule has 6 nitrogen and oxygen atoms in total. The Balaban J connectivity index is 1.71. The normalized spacial score (nSPS) is 10.7. The average molecular weight is 327 g/mol. The smallest absolute Gasteiger partial charge is 0.263 e. The van der Waals surface area contributed by atoms with E-state index in [0.717, 1.165) is 27.4 Å². The van der Waals surface area contributed by atoms with E-state index in [1.165, 1.54) is 11.3 Å². The van der Waals surface area contributed by atoms with Crippen LogP contribution in [0.1, 0.15) is 25.9 Å². The standard InChI is InChI=1S/C16H17N5OS/c1-10-15(23-11(2)20-10)16(22)18-6-12-4-13(7-17-5-12)14-8-19-21(3)9-14/h4-5,7-9H,6H2,1-3H3,(H,18,22). The zero-order valence-corrected chi connectivity index (χ0v) is 14.0. The van der Waals surface area contributed by atoms with Crippen LogP contribution in [0.5, 0.6) is 0 Å². The SMILES string of the molecule is Cc1nc(C)c(C(=O)NCc2cncc(-c3cnn(C)c3)c2)s1. The Morgan fingerprint density at radius 2 is 2.09 bits per heavy atom. The first kappa shape index (κ1) is 15.4. The quantitative estimate of drug-likeness (QED) is 0.799. The predicted molar refractivity (Wildman–Crippen MR) is 89.2 cm³/mol. The van der Waals surface area contributed by atoms with Crippen molar-refractivity contribution in [3.63, 3.8) is 0 Å². The lowest BCUT2D eigenvalue weighted by molar-refractivity contribution is 0.0954. The Hall–Kier alpha value is -2.54. The van der Waals surface area contributed by atoms with E-state index < -0.39 is 0 Å². The molecule has 1 amide bonds. The van der Waals surface area contributed by atoms with Gasteiger partial charge in [-0.15, -0.1) is 11.3 Å². The van der Waals surface area contributed by atoms with Gasteiger partial charge in [-0.2, -0.15) is 5.10 Å². The lowest BCUT2D eigenvalue weighted by Crippen LogP contribution is -2.22. The molecule has 0 bridgehead atoms. The van der Waals surface area contributed by atoms with Crippen LogP contribution in [0.25, 0.3) is 11.1 Å². The molecule has 0 saturated carbocycles. The summed E-state index contributed by atoms with van der Waals surface area (Å²) in [4.78, 5) is 21.4. The van der Waals surface area contributed by atoms with Gasteiger partial charge in [0.25, 0.3) is 5.91 Å². The van der Waals surface area contributed by atoms with Crippen molar-refractivity contribution in [1.29, 1.82) is 0 Å². The Morgan fingerprint density at radius 1 is 1.26 bits per heavy atom. The largest absolute Gasteiger partial charge is 0.347 e. The van der Waals surface area contributed by atoms with E-state index in [1.807, 2.05) is 33.2 Å². The highest BCUT2D eigenvalue weighted by Crippen LogP contribution is 2.19. The Morgan fingerprint density at radius 3 is 2.74 bits per heavy atom. The molecule has 7 heteroatoms. The fourth-order valence-corrected chi connectivity index (χ4v) is 3.15. The van der Waals surface area contributed by atoms with Crippen LogP contribution >= 0.6 is 11.3 Å². The summed E-state index contributed by atoms with van der Waals surface area (Å²) in [6.45, 7) is 4.18. The van der Waals surface area contributed by atoms with Crippen LogP contribution < -0.4 is 5.32 Å². The Labute approximate surface area is 138 Å². The van der Waals surface area contributed by atoms with Crippen LogP contribution in [0.15, 0.2) is 30.9 Å². The molecule has 23 heavy (non-hydrogen) atoms. The minimum absolute atomic E-state index is 0.0973. The first-order chi connectivity index (χ1) is 11.0. The first-order valence-corrected chi connectivity index (χ1v) is 8.00. The maximum absolute atomic E-state index is 12.2. The van der Waals surface area contributed by atoms with Gasteiger partial charge >= 0.3 is 0 Å². The number of amides is 1. The highest BCUT2D eigenvalue weighted by Gasteiger charge is 2.13. The molecule has 0 spiro atoms. The number of aryl methyl sites for hydroxylation is 3. The molecule has 1 N–H and O–H groups in total. The molecular formula is C16H17N5OS. The average Bonchev–Trinajstić information content (AvgIpc) is 3.10. The third kappa shape index (κ3) is 3.45. The van der Waals surface area contributed by atoms with Gasteiger partial charge in [-0.3, -0.25) is 14.5 Å². The summed E-state index contributed by atoms with van der Waals surface area (Å²) in [7, 11) is 1.88. The lowest BCUT2D eigenvalue weighted by atomic mass is 10.1. The number of nitrogens with one attached hydrogen (secondary N) is 1. The van der Waals surface area contributed by atoms with Gasteiger partial charge in [0.15, 0.2) is 0 Å².